The van der Waals surface area contributed by atoms with E-state index in [0.717, 1.165) is 16.7 Å². The number of nitrogens with one attached hydrogen (secondary N) is 2. The van der Waals surface area contributed by atoms with Gasteiger partial charge in [0.2, 0.25) is 0 Å². The maximum absolute atomic E-state index is 11.6. The van der Waals surface area contributed by atoms with Crippen LogP contribution < -0.4 is 10.6 Å². The van der Waals surface area contributed by atoms with E-state index in [9.17, 15) is 9.59 Å². The van der Waals surface area contributed by atoms with Crippen LogP contribution in [0.4, 0.5) is 4.79 Å². The van der Waals surface area contributed by atoms with Gasteiger partial charge in [-0.2, -0.15) is 0 Å². The van der Waals surface area contributed by atoms with Gasteiger partial charge in [0.25, 0.3) is 0 Å². The monoisotopic (exact) mass is 278 g/mol. The Bertz CT molecular complexity index is 475. The molecule has 0 spiro atoms. The Morgan fingerprint density at radius 1 is 1.10 bits per heavy atom. The van der Waals surface area contributed by atoms with Crippen LogP contribution in [0.5, 0.6) is 0 Å². The molecule has 0 aliphatic heterocycles. The molecular weight excluding hydrogens is 256 g/mol. The Labute approximate surface area is 119 Å². The molecule has 0 aliphatic carbocycles. The zero-order chi connectivity index (χ0) is 15.1. The number of carboxylic acids is 1. The van der Waals surface area contributed by atoms with Crippen LogP contribution in [-0.4, -0.2) is 23.7 Å². The van der Waals surface area contributed by atoms with Crippen molar-refractivity contribution in [2.24, 2.45) is 0 Å². The van der Waals surface area contributed by atoms with Crippen molar-refractivity contribution >= 4 is 12.0 Å². The van der Waals surface area contributed by atoms with E-state index in [1.807, 2.05) is 20.8 Å². The normalized spacial score (nSPS) is 10.2. The minimum absolute atomic E-state index is 0.0659. The summed E-state index contributed by atoms with van der Waals surface area (Å²) in [6.07, 6.45) is 0.502. The van der Waals surface area contributed by atoms with Crippen LogP contribution in [0.25, 0.3) is 0 Å². The number of hydrogen-bond donors (Lipinski definition) is 3. The first-order valence-electron chi connectivity index (χ1n) is 6.70. The van der Waals surface area contributed by atoms with E-state index in [1.165, 1.54) is 5.56 Å². The highest BCUT2D eigenvalue weighted by atomic mass is 16.4. The molecule has 0 saturated carbocycles. The summed E-state index contributed by atoms with van der Waals surface area (Å²) in [4.78, 5) is 21.9. The number of aliphatic carboxylic acids is 1. The van der Waals surface area contributed by atoms with Gasteiger partial charge in [-0.05, 0) is 43.9 Å². The zero-order valence-corrected chi connectivity index (χ0v) is 12.2. The molecule has 1 rings (SSSR count). The molecule has 0 atom stereocenters. The van der Waals surface area contributed by atoms with Crippen molar-refractivity contribution in [3.63, 3.8) is 0 Å². The Morgan fingerprint density at radius 3 is 2.25 bits per heavy atom. The largest absolute Gasteiger partial charge is 0.481 e. The molecule has 3 N–H and O–H groups in total. The highest BCUT2D eigenvalue weighted by Gasteiger charge is 2.06. The molecule has 0 radical (unpaired) electrons. The number of amides is 2. The average Bonchev–Trinajstić information content (AvgIpc) is 2.33. The van der Waals surface area contributed by atoms with E-state index in [2.05, 4.69) is 22.8 Å². The summed E-state index contributed by atoms with van der Waals surface area (Å²) in [6.45, 7) is 6.95. The quantitative estimate of drug-likeness (QED) is 0.698. The number of carboxylic acid groups (broad SMARTS) is 1. The van der Waals surface area contributed by atoms with E-state index >= 15 is 0 Å². The predicted octanol–water partition coefficient (Wildman–Crippen LogP) is 2.28. The zero-order valence-electron chi connectivity index (χ0n) is 12.2. The topological polar surface area (TPSA) is 78.4 Å². The van der Waals surface area contributed by atoms with Crippen LogP contribution in [0.2, 0.25) is 0 Å². The van der Waals surface area contributed by atoms with Crippen molar-refractivity contribution in [3.05, 3.63) is 34.4 Å². The van der Waals surface area contributed by atoms with Crippen LogP contribution in [-0.2, 0) is 11.3 Å². The number of benzene rings is 1. The fraction of sp³-hybridized carbons (Fsp3) is 0.467. The summed E-state index contributed by atoms with van der Waals surface area (Å²) in [6, 6.07) is 3.92. The van der Waals surface area contributed by atoms with Gasteiger partial charge in [0, 0.05) is 19.5 Å². The highest BCUT2D eigenvalue weighted by Crippen LogP contribution is 2.15. The standard InChI is InChI=1S/C15H22N2O3/c1-10-7-11(2)13(12(3)8-10)9-17-15(20)16-6-4-5-14(18)19/h7-8H,4-6,9H2,1-3H3,(H,18,19)(H2,16,17,20). The maximum Gasteiger partial charge on any atom is 0.315 e. The lowest BCUT2D eigenvalue weighted by Crippen LogP contribution is -2.36. The molecule has 0 unspecified atom stereocenters. The number of aryl methyl sites for hydroxylation is 3. The molecular formula is C15H22N2O3. The number of urea groups is 1. The van der Waals surface area contributed by atoms with Crippen LogP contribution in [0.15, 0.2) is 12.1 Å². The lowest BCUT2D eigenvalue weighted by Gasteiger charge is -2.13. The van der Waals surface area contributed by atoms with Crippen LogP contribution in [0, 0.1) is 20.8 Å². The van der Waals surface area contributed by atoms with Gasteiger partial charge in [-0.25, -0.2) is 4.79 Å². The number of carbonyl (C=O) groups is 2. The maximum atomic E-state index is 11.6. The molecule has 20 heavy (non-hydrogen) atoms. The second kappa shape index (κ2) is 7.53. The highest BCUT2D eigenvalue weighted by molar-refractivity contribution is 5.74. The van der Waals surface area contributed by atoms with E-state index < -0.39 is 5.97 Å². The molecule has 0 saturated heterocycles. The van der Waals surface area contributed by atoms with Gasteiger partial charge >= 0.3 is 12.0 Å². The molecule has 0 aromatic heterocycles. The van der Waals surface area contributed by atoms with Gasteiger partial charge in [0.05, 0.1) is 0 Å². The second-order valence-electron chi connectivity index (χ2n) is 4.98. The van der Waals surface area contributed by atoms with Crippen molar-refractivity contribution in [1.82, 2.24) is 10.6 Å². The van der Waals surface area contributed by atoms with E-state index in [4.69, 9.17) is 5.11 Å². The van der Waals surface area contributed by atoms with Crippen LogP contribution in [0.3, 0.4) is 0 Å². The number of rotatable bonds is 6. The third-order valence-electron chi connectivity index (χ3n) is 3.12. The molecule has 5 nitrogen and oxygen atoms in total. The van der Waals surface area contributed by atoms with Gasteiger partial charge < -0.3 is 15.7 Å². The van der Waals surface area contributed by atoms with Crippen molar-refractivity contribution in [2.45, 2.75) is 40.2 Å². The third-order valence-corrected chi connectivity index (χ3v) is 3.12. The molecule has 0 fully saturated rings. The predicted molar refractivity (Wildman–Crippen MR) is 77.8 cm³/mol. The molecule has 5 heteroatoms. The summed E-state index contributed by atoms with van der Waals surface area (Å²) in [5.74, 6) is -0.849. The Balaban J connectivity index is 2.40. The van der Waals surface area contributed by atoms with Gasteiger partial charge in [0.15, 0.2) is 0 Å². The first kappa shape index (κ1) is 16.0. The summed E-state index contributed by atoms with van der Waals surface area (Å²) >= 11 is 0. The first-order chi connectivity index (χ1) is 9.40. The van der Waals surface area contributed by atoms with Crippen molar-refractivity contribution in [2.75, 3.05) is 6.54 Å². The molecule has 110 valence electrons. The summed E-state index contributed by atoms with van der Waals surface area (Å²) in [5.41, 5.74) is 4.65. The SMILES string of the molecule is Cc1cc(C)c(CNC(=O)NCCCC(=O)O)c(C)c1. The fourth-order valence-corrected chi connectivity index (χ4v) is 2.16. The van der Waals surface area contributed by atoms with Crippen LogP contribution in [0.1, 0.15) is 35.1 Å². The minimum Gasteiger partial charge on any atom is -0.481 e. The number of carbonyl (C=O) groups excluding carboxylic acids is 1. The summed E-state index contributed by atoms with van der Waals surface area (Å²) in [5, 5.41) is 13.9. The fourth-order valence-electron chi connectivity index (χ4n) is 2.16. The molecule has 0 aliphatic rings. The Hall–Kier alpha value is -2.04. The first-order valence-corrected chi connectivity index (χ1v) is 6.70. The van der Waals surface area contributed by atoms with Gasteiger partial charge in [0.1, 0.15) is 0 Å². The molecule has 2 amide bonds. The van der Waals surface area contributed by atoms with Crippen molar-refractivity contribution < 1.29 is 14.7 Å². The molecule has 1 aromatic carbocycles. The second-order valence-corrected chi connectivity index (χ2v) is 4.98. The summed E-state index contributed by atoms with van der Waals surface area (Å²) in [7, 11) is 0. The smallest absolute Gasteiger partial charge is 0.315 e. The minimum atomic E-state index is -0.849. The average molecular weight is 278 g/mol. The van der Waals surface area contributed by atoms with Gasteiger partial charge in [-0.3, -0.25) is 4.79 Å². The molecule has 0 heterocycles. The van der Waals surface area contributed by atoms with Gasteiger partial charge in [-0.15, -0.1) is 0 Å². The molecule has 0 bridgehead atoms. The van der Waals surface area contributed by atoms with E-state index in [0.29, 0.717) is 19.5 Å². The molecule has 1 aromatic rings. The van der Waals surface area contributed by atoms with Crippen LogP contribution >= 0.6 is 0 Å². The lowest BCUT2D eigenvalue weighted by molar-refractivity contribution is -0.137. The van der Waals surface area contributed by atoms with E-state index in [1.54, 1.807) is 0 Å². The van der Waals surface area contributed by atoms with Gasteiger partial charge in [-0.1, -0.05) is 17.7 Å². The number of hydrogen-bond acceptors (Lipinski definition) is 2. The van der Waals surface area contributed by atoms with E-state index in [-0.39, 0.29) is 12.5 Å². The Kier molecular flexibility index (Phi) is 6.03. The third kappa shape index (κ3) is 5.30. The summed E-state index contributed by atoms with van der Waals surface area (Å²) < 4.78 is 0. The lowest BCUT2D eigenvalue weighted by atomic mass is 10.00. The van der Waals surface area contributed by atoms with Crippen molar-refractivity contribution in [1.29, 1.82) is 0 Å². The van der Waals surface area contributed by atoms with Crippen molar-refractivity contribution in [3.8, 4) is 0 Å². The Morgan fingerprint density at radius 2 is 1.70 bits per heavy atom.